The molecule has 0 amide bonds. The molecule has 1 unspecified atom stereocenters. The first kappa shape index (κ1) is 17.0. The molecule has 2 nitrogen and oxygen atoms in total. The van der Waals surface area contributed by atoms with E-state index in [1.54, 1.807) is 0 Å². The van der Waals surface area contributed by atoms with Gasteiger partial charge in [0, 0.05) is 25.3 Å². The van der Waals surface area contributed by atoms with E-state index in [0.717, 1.165) is 26.2 Å². The zero-order valence-corrected chi connectivity index (χ0v) is 14.0. The molecule has 1 aromatic rings. The highest BCUT2D eigenvalue weighted by Crippen LogP contribution is 2.27. The lowest BCUT2D eigenvalue weighted by Crippen LogP contribution is -2.42. The van der Waals surface area contributed by atoms with E-state index in [-0.39, 0.29) is 0 Å². The first-order chi connectivity index (χ1) is 9.56. The number of nitrogens with one attached hydrogen (secondary N) is 1. The van der Waals surface area contributed by atoms with Gasteiger partial charge in [0.25, 0.3) is 0 Å². The molecule has 0 saturated carbocycles. The molecular formula is C18H32N2. The fourth-order valence-electron chi connectivity index (χ4n) is 2.61. The van der Waals surface area contributed by atoms with E-state index in [1.165, 1.54) is 24.1 Å². The lowest BCUT2D eigenvalue weighted by Gasteiger charge is -2.36. The molecule has 114 valence electrons. The Hall–Kier alpha value is -1.02. The van der Waals surface area contributed by atoms with Crippen LogP contribution >= 0.6 is 0 Å². The summed E-state index contributed by atoms with van der Waals surface area (Å²) in [6.07, 6.45) is 2.40. The Morgan fingerprint density at radius 1 is 1.15 bits per heavy atom. The van der Waals surface area contributed by atoms with Gasteiger partial charge in [0.15, 0.2) is 0 Å². The minimum atomic E-state index is 0.327. The molecular weight excluding hydrogens is 244 g/mol. The van der Waals surface area contributed by atoms with Gasteiger partial charge >= 0.3 is 0 Å². The summed E-state index contributed by atoms with van der Waals surface area (Å²) in [5.74, 6) is 0. The molecule has 0 aromatic heterocycles. The molecule has 0 heterocycles. The molecule has 0 aliphatic rings. The fourth-order valence-corrected chi connectivity index (χ4v) is 2.61. The SMILES string of the molecule is CCCNCC(C)(CC)CN(CC)c1ccccc1C. The predicted octanol–water partition coefficient (Wildman–Crippen LogP) is 4.24. The highest BCUT2D eigenvalue weighted by molar-refractivity contribution is 5.53. The Morgan fingerprint density at radius 3 is 2.40 bits per heavy atom. The maximum absolute atomic E-state index is 3.60. The summed E-state index contributed by atoms with van der Waals surface area (Å²) in [5.41, 5.74) is 3.08. The summed E-state index contributed by atoms with van der Waals surface area (Å²) in [7, 11) is 0. The Labute approximate surface area is 125 Å². The van der Waals surface area contributed by atoms with Crippen molar-refractivity contribution in [1.82, 2.24) is 5.32 Å². The Kier molecular flexibility index (Phi) is 7.08. The second-order valence-corrected chi connectivity index (χ2v) is 6.14. The maximum Gasteiger partial charge on any atom is 0.0396 e. The number of hydrogen-bond donors (Lipinski definition) is 1. The number of nitrogens with zero attached hydrogens (tertiary/aromatic N) is 1. The van der Waals surface area contributed by atoms with E-state index >= 15 is 0 Å². The normalized spacial score (nSPS) is 14.1. The topological polar surface area (TPSA) is 15.3 Å². The fraction of sp³-hybridized carbons (Fsp3) is 0.667. The van der Waals surface area contributed by atoms with Crippen LogP contribution < -0.4 is 10.2 Å². The van der Waals surface area contributed by atoms with Crippen molar-refractivity contribution in [3.05, 3.63) is 29.8 Å². The molecule has 0 aliphatic carbocycles. The molecule has 0 saturated heterocycles. The number of hydrogen-bond acceptors (Lipinski definition) is 2. The van der Waals surface area contributed by atoms with Gasteiger partial charge in [-0.25, -0.2) is 0 Å². The van der Waals surface area contributed by atoms with Crippen LogP contribution in [0.15, 0.2) is 24.3 Å². The van der Waals surface area contributed by atoms with Crippen LogP contribution in [-0.4, -0.2) is 26.2 Å². The van der Waals surface area contributed by atoms with Crippen LogP contribution in [0, 0.1) is 12.3 Å². The highest BCUT2D eigenvalue weighted by atomic mass is 15.1. The van der Waals surface area contributed by atoms with E-state index in [0.29, 0.717) is 5.41 Å². The number of benzene rings is 1. The second-order valence-electron chi connectivity index (χ2n) is 6.14. The molecule has 0 aliphatic heterocycles. The molecule has 0 spiro atoms. The molecule has 1 aromatic carbocycles. The van der Waals surface area contributed by atoms with Gasteiger partial charge in [0.1, 0.15) is 0 Å². The van der Waals surface area contributed by atoms with Crippen LogP contribution in [0.2, 0.25) is 0 Å². The summed E-state index contributed by atoms with van der Waals surface area (Å²) in [6.45, 7) is 15.8. The van der Waals surface area contributed by atoms with E-state index in [4.69, 9.17) is 0 Å². The Bertz CT molecular complexity index is 389. The van der Waals surface area contributed by atoms with Gasteiger partial charge in [0.2, 0.25) is 0 Å². The van der Waals surface area contributed by atoms with Crippen LogP contribution in [0.1, 0.15) is 46.1 Å². The Balaban J connectivity index is 2.77. The third-order valence-corrected chi connectivity index (χ3v) is 4.24. The van der Waals surface area contributed by atoms with E-state index < -0.39 is 0 Å². The summed E-state index contributed by atoms with van der Waals surface area (Å²) in [4.78, 5) is 2.52. The van der Waals surface area contributed by atoms with Crippen molar-refractivity contribution in [2.75, 3.05) is 31.1 Å². The average molecular weight is 276 g/mol. The van der Waals surface area contributed by atoms with Gasteiger partial charge < -0.3 is 10.2 Å². The molecule has 1 atom stereocenters. The highest BCUT2D eigenvalue weighted by Gasteiger charge is 2.25. The van der Waals surface area contributed by atoms with Crippen LogP contribution in [0.4, 0.5) is 5.69 Å². The number of para-hydroxylation sites is 1. The summed E-state index contributed by atoms with van der Waals surface area (Å²) in [6, 6.07) is 8.71. The monoisotopic (exact) mass is 276 g/mol. The number of aryl methyl sites for hydroxylation is 1. The van der Waals surface area contributed by atoms with Crippen molar-refractivity contribution in [3.8, 4) is 0 Å². The van der Waals surface area contributed by atoms with Crippen molar-refractivity contribution in [1.29, 1.82) is 0 Å². The van der Waals surface area contributed by atoms with Crippen molar-refractivity contribution in [3.63, 3.8) is 0 Å². The van der Waals surface area contributed by atoms with Crippen LogP contribution in [0.25, 0.3) is 0 Å². The zero-order chi connectivity index (χ0) is 15.0. The number of anilines is 1. The van der Waals surface area contributed by atoms with Gasteiger partial charge in [-0.15, -0.1) is 0 Å². The van der Waals surface area contributed by atoms with E-state index in [9.17, 15) is 0 Å². The van der Waals surface area contributed by atoms with Crippen molar-refractivity contribution in [2.24, 2.45) is 5.41 Å². The smallest absolute Gasteiger partial charge is 0.0396 e. The zero-order valence-electron chi connectivity index (χ0n) is 14.0. The van der Waals surface area contributed by atoms with Gasteiger partial charge in [-0.05, 0) is 50.3 Å². The molecule has 20 heavy (non-hydrogen) atoms. The quantitative estimate of drug-likeness (QED) is 0.679. The predicted molar refractivity (Wildman–Crippen MR) is 90.6 cm³/mol. The van der Waals surface area contributed by atoms with Gasteiger partial charge in [-0.3, -0.25) is 0 Å². The minimum absolute atomic E-state index is 0.327. The van der Waals surface area contributed by atoms with Gasteiger partial charge in [-0.1, -0.05) is 39.0 Å². The van der Waals surface area contributed by atoms with E-state index in [1.807, 2.05) is 0 Å². The van der Waals surface area contributed by atoms with E-state index in [2.05, 4.69) is 69.1 Å². The summed E-state index contributed by atoms with van der Waals surface area (Å²) in [5, 5.41) is 3.60. The first-order valence-corrected chi connectivity index (χ1v) is 8.07. The third kappa shape index (κ3) is 4.82. The molecule has 0 fully saturated rings. The number of rotatable bonds is 9. The standard InChI is InChI=1S/C18H32N2/c1-6-13-19-14-18(5,7-2)15-20(8-3)17-12-10-9-11-16(17)4/h9-12,19H,6-8,13-15H2,1-5H3. The van der Waals surface area contributed by atoms with Gasteiger partial charge in [-0.2, -0.15) is 0 Å². The molecule has 1 rings (SSSR count). The summed E-state index contributed by atoms with van der Waals surface area (Å²) < 4.78 is 0. The van der Waals surface area contributed by atoms with Crippen molar-refractivity contribution in [2.45, 2.75) is 47.5 Å². The molecule has 0 bridgehead atoms. The second kappa shape index (κ2) is 8.31. The first-order valence-electron chi connectivity index (χ1n) is 8.07. The molecule has 1 N–H and O–H groups in total. The third-order valence-electron chi connectivity index (χ3n) is 4.24. The maximum atomic E-state index is 3.60. The van der Waals surface area contributed by atoms with Crippen LogP contribution in [-0.2, 0) is 0 Å². The van der Waals surface area contributed by atoms with Crippen molar-refractivity contribution < 1.29 is 0 Å². The summed E-state index contributed by atoms with van der Waals surface area (Å²) >= 11 is 0. The Morgan fingerprint density at radius 2 is 1.85 bits per heavy atom. The lowest BCUT2D eigenvalue weighted by molar-refractivity contribution is 0.296. The van der Waals surface area contributed by atoms with Crippen LogP contribution in [0.3, 0.4) is 0 Å². The molecule has 0 radical (unpaired) electrons. The molecule has 2 heteroatoms. The lowest BCUT2D eigenvalue weighted by atomic mass is 9.86. The minimum Gasteiger partial charge on any atom is -0.371 e. The van der Waals surface area contributed by atoms with Crippen molar-refractivity contribution >= 4 is 5.69 Å². The van der Waals surface area contributed by atoms with Crippen LogP contribution in [0.5, 0.6) is 0 Å². The largest absolute Gasteiger partial charge is 0.371 e. The van der Waals surface area contributed by atoms with Gasteiger partial charge in [0.05, 0.1) is 0 Å². The average Bonchev–Trinajstić information content (AvgIpc) is 2.46.